The maximum atomic E-state index is 12.5. The number of hydrogen-bond donors (Lipinski definition) is 1. The number of halogens is 3. The second-order valence-corrected chi connectivity index (χ2v) is 4.57. The van der Waals surface area contributed by atoms with Crippen molar-refractivity contribution in [3.8, 4) is 0 Å². The molecule has 0 amide bonds. The molecule has 20 heavy (non-hydrogen) atoms. The monoisotopic (exact) mass is 305 g/mol. The van der Waals surface area contributed by atoms with Crippen molar-refractivity contribution in [2.24, 2.45) is 0 Å². The van der Waals surface area contributed by atoms with Gasteiger partial charge < -0.3 is 5.84 Å². The minimum absolute atomic E-state index is 0.125. The zero-order valence-electron chi connectivity index (χ0n) is 9.53. The molecule has 0 spiro atoms. The lowest BCUT2D eigenvalue weighted by atomic mass is 10.3. The smallest absolute Gasteiger partial charge is 0.335 e. The number of hydrogen-bond acceptors (Lipinski definition) is 6. The van der Waals surface area contributed by atoms with E-state index in [0.29, 0.717) is 9.57 Å². The fraction of sp³-hybridized carbons (Fsp3) is 0.111. The van der Waals surface area contributed by atoms with Crippen molar-refractivity contribution >= 4 is 17.4 Å². The van der Waals surface area contributed by atoms with Crippen molar-refractivity contribution < 1.29 is 18.1 Å². The molecule has 106 valence electrons. The van der Waals surface area contributed by atoms with Crippen LogP contribution in [-0.4, -0.2) is 19.8 Å². The Morgan fingerprint density at radius 1 is 1.25 bits per heavy atom. The Bertz CT molecular complexity index is 640. The Labute approximate surface area is 113 Å². The van der Waals surface area contributed by atoms with Crippen LogP contribution in [0.1, 0.15) is 5.82 Å². The van der Waals surface area contributed by atoms with E-state index in [1.54, 1.807) is 0 Å². The summed E-state index contributed by atoms with van der Waals surface area (Å²) in [5.74, 6) is 3.94. The standard InChI is InChI=1S/C9H6F3N5O2S/c10-9(11,12)7-14-15-8(16(7)13)20-6-3-1-5(2-4-6)17(18)19/h1-4H,13H2. The van der Waals surface area contributed by atoms with Crippen LogP contribution in [0.3, 0.4) is 0 Å². The molecule has 11 heteroatoms. The number of nitrogen functional groups attached to an aromatic ring is 1. The number of nitrogens with zero attached hydrogens (tertiary/aromatic N) is 4. The van der Waals surface area contributed by atoms with Crippen LogP contribution in [0.25, 0.3) is 0 Å². The summed E-state index contributed by atoms with van der Waals surface area (Å²) in [5, 5.41) is 16.6. The second kappa shape index (κ2) is 5.00. The summed E-state index contributed by atoms with van der Waals surface area (Å²) in [6, 6.07) is 5.21. The van der Waals surface area contributed by atoms with Crippen LogP contribution in [0, 0.1) is 10.1 Å². The maximum absolute atomic E-state index is 12.5. The molecular weight excluding hydrogens is 299 g/mol. The van der Waals surface area contributed by atoms with E-state index in [4.69, 9.17) is 5.84 Å². The van der Waals surface area contributed by atoms with Crippen LogP contribution in [0.4, 0.5) is 18.9 Å². The van der Waals surface area contributed by atoms with E-state index in [2.05, 4.69) is 10.2 Å². The number of rotatable bonds is 3. The highest BCUT2D eigenvalue weighted by Crippen LogP contribution is 2.32. The van der Waals surface area contributed by atoms with Crippen molar-refractivity contribution in [3.05, 3.63) is 40.2 Å². The van der Waals surface area contributed by atoms with E-state index in [1.807, 2.05) is 0 Å². The van der Waals surface area contributed by atoms with Crippen LogP contribution in [0.5, 0.6) is 0 Å². The fourth-order valence-electron chi connectivity index (χ4n) is 1.28. The number of alkyl halides is 3. The number of aromatic nitrogens is 3. The summed E-state index contributed by atoms with van der Waals surface area (Å²) < 4.78 is 37.7. The van der Waals surface area contributed by atoms with Gasteiger partial charge >= 0.3 is 6.18 Å². The lowest BCUT2D eigenvalue weighted by Crippen LogP contribution is -2.21. The third kappa shape index (κ3) is 2.82. The van der Waals surface area contributed by atoms with Crippen LogP contribution in [0.15, 0.2) is 34.3 Å². The zero-order valence-corrected chi connectivity index (χ0v) is 10.4. The average Bonchev–Trinajstić information content (AvgIpc) is 2.71. The Balaban J connectivity index is 2.22. The lowest BCUT2D eigenvalue weighted by molar-refractivity contribution is -0.384. The highest BCUT2D eigenvalue weighted by atomic mass is 32.2. The molecule has 1 aromatic carbocycles. The highest BCUT2D eigenvalue weighted by Gasteiger charge is 2.38. The van der Waals surface area contributed by atoms with Gasteiger partial charge in [0.2, 0.25) is 5.16 Å². The number of benzene rings is 1. The maximum Gasteiger partial charge on any atom is 0.453 e. The van der Waals surface area contributed by atoms with Gasteiger partial charge in [-0.15, -0.1) is 10.2 Å². The summed E-state index contributed by atoms with van der Waals surface area (Å²) in [4.78, 5) is 10.3. The average molecular weight is 305 g/mol. The van der Waals surface area contributed by atoms with Crippen LogP contribution >= 0.6 is 11.8 Å². The molecule has 0 aliphatic rings. The van der Waals surface area contributed by atoms with Crippen LogP contribution in [-0.2, 0) is 6.18 Å². The molecule has 0 bridgehead atoms. The van der Waals surface area contributed by atoms with E-state index >= 15 is 0 Å². The molecule has 0 saturated heterocycles. The van der Waals surface area contributed by atoms with Gasteiger partial charge in [0.1, 0.15) is 0 Å². The number of nitrogens with two attached hydrogens (primary N) is 1. The van der Waals surface area contributed by atoms with Crippen molar-refractivity contribution in [2.45, 2.75) is 16.2 Å². The molecule has 0 aliphatic carbocycles. The van der Waals surface area contributed by atoms with Crippen molar-refractivity contribution in [3.63, 3.8) is 0 Å². The zero-order chi connectivity index (χ0) is 14.9. The third-order valence-corrected chi connectivity index (χ3v) is 3.14. The first-order chi connectivity index (χ1) is 9.29. The van der Waals surface area contributed by atoms with Crippen molar-refractivity contribution in [2.75, 3.05) is 5.84 Å². The molecule has 2 aromatic rings. The summed E-state index contributed by atoms with van der Waals surface area (Å²) in [5.41, 5.74) is -0.125. The molecule has 0 saturated carbocycles. The van der Waals surface area contributed by atoms with Crippen molar-refractivity contribution in [1.29, 1.82) is 0 Å². The predicted octanol–water partition coefficient (Wildman–Crippen LogP) is 2.07. The predicted molar refractivity (Wildman–Crippen MR) is 62.4 cm³/mol. The first-order valence-electron chi connectivity index (χ1n) is 4.99. The van der Waals surface area contributed by atoms with Gasteiger partial charge in [0.15, 0.2) is 0 Å². The van der Waals surface area contributed by atoms with Crippen LogP contribution in [0.2, 0.25) is 0 Å². The van der Waals surface area contributed by atoms with Gasteiger partial charge in [-0.2, -0.15) is 13.2 Å². The fourth-order valence-corrected chi connectivity index (χ4v) is 2.03. The van der Waals surface area contributed by atoms with Gasteiger partial charge in [0.25, 0.3) is 11.5 Å². The van der Waals surface area contributed by atoms with Gasteiger partial charge in [-0.3, -0.25) is 10.1 Å². The van der Waals surface area contributed by atoms with Gasteiger partial charge in [-0.25, -0.2) is 4.68 Å². The van der Waals surface area contributed by atoms with Crippen molar-refractivity contribution in [1.82, 2.24) is 14.9 Å². The molecular formula is C9H6F3N5O2S. The SMILES string of the molecule is Nn1c(Sc2ccc([N+](=O)[O-])cc2)nnc1C(F)(F)F. The van der Waals surface area contributed by atoms with E-state index in [1.165, 1.54) is 24.3 Å². The Morgan fingerprint density at radius 3 is 2.30 bits per heavy atom. The molecule has 2 N–H and O–H groups in total. The third-order valence-electron chi connectivity index (χ3n) is 2.17. The Kier molecular flexibility index (Phi) is 3.53. The second-order valence-electron chi connectivity index (χ2n) is 3.53. The van der Waals surface area contributed by atoms with Gasteiger partial charge in [0.05, 0.1) is 4.92 Å². The van der Waals surface area contributed by atoms with Gasteiger partial charge in [-0.05, 0) is 23.9 Å². The van der Waals surface area contributed by atoms with E-state index in [9.17, 15) is 23.3 Å². The first kappa shape index (κ1) is 14.1. The molecule has 0 atom stereocenters. The molecule has 0 fully saturated rings. The highest BCUT2D eigenvalue weighted by molar-refractivity contribution is 7.99. The summed E-state index contributed by atoms with van der Waals surface area (Å²) in [7, 11) is 0. The van der Waals surface area contributed by atoms with E-state index in [-0.39, 0.29) is 10.8 Å². The number of nitro benzene ring substituents is 1. The Hall–Kier alpha value is -2.30. The minimum Gasteiger partial charge on any atom is -0.335 e. The quantitative estimate of drug-likeness (QED) is 0.529. The molecule has 0 radical (unpaired) electrons. The van der Waals surface area contributed by atoms with Crippen LogP contribution < -0.4 is 5.84 Å². The summed E-state index contributed by atoms with van der Waals surface area (Å²) >= 11 is 0.813. The molecule has 1 heterocycles. The van der Waals surface area contributed by atoms with E-state index < -0.39 is 16.9 Å². The van der Waals surface area contributed by atoms with E-state index in [0.717, 1.165) is 11.8 Å². The van der Waals surface area contributed by atoms with Gasteiger partial charge in [-0.1, -0.05) is 0 Å². The molecule has 2 rings (SSSR count). The number of non-ortho nitro benzene ring substituents is 1. The largest absolute Gasteiger partial charge is 0.453 e. The topological polar surface area (TPSA) is 99.9 Å². The summed E-state index contributed by atoms with van der Waals surface area (Å²) in [6.45, 7) is 0. The molecule has 0 unspecified atom stereocenters. The molecule has 1 aromatic heterocycles. The Morgan fingerprint density at radius 2 is 1.85 bits per heavy atom. The molecule has 0 aliphatic heterocycles. The first-order valence-corrected chi connectivity index (χ1v) is 5.80. The normalized spacial score (nSPS) is 11.6. The van der Waals surface area contributed by atoms with Gasteiger partial charge in [0, 0.05) is 17.0 Å². The molecule has 7 nitrogen and oxygen atoms in total. The minimum atomic E-state index is -4.70. The summed E-state index contributed by atoms with van der Waals surface area (Å²) in [6.07, 6.45) is -4.70. The lowest BCUT2D eigenvalue weighted by Gasteiger charge is -2.05. The number of nitro groups is 1.